The Morgan fingerprint density at radius 2 is 1.67 bits per heavy atom. The first kappa shape index (κ1) is 28.0. The monoisotopic (exact) mass is 445 g/mol. The number of ether oxygens (including phenoxy) is 2. The molecule has 176 valence electrons. The lowest BCUT2D eigenvalue weighted by molar-refractivity contribution is -0.870. The van der Waals surface area contributed by atoms with Gasteiger partial charge < -0.3 is 39.6 Å². The molecule has 13 heteroatoms. The largest absolute Gasteiger partial charge is 0.542 e. The highest BCUT2D eigenvalue weighted by Crippen LogP contribution is 2.11. The van der Waals surface area contributed by atoms with Crippen LogP contribution in [0.25, 0.3) is 0 Å². The van der Waals surface area contributed by atoms with Gasteiger partial charge in [-0.25, -0.2) is 0 Å². The SMILES string of the molecule is C[N+](C)(C)CCOCCOCCC(=O)N[C@@H]1CN[C@@H](C(=O)O)C1.O=C([O-])C(F)(F)F. The van der Waals surface area contributed by atoms with Crippen LogP contribution < -0.4 is 15.7 Å². The lowest BCUT2D eigenvalue weighted by atomic mass is 10.1. The van der Waals surface area contributed by atoms with Gasteiger partial charge >= 0.3 is 12.1 Å². The maximum atomic E-state index is 11.7. The van der Waals surface area contributed by atoms with E-state index in [1.165, 1.54) is 0 Å². The van der Waals surface area contributed by atoms with Crippen LogP contribution in [0.4, 0.5) is 13.2 Å². The van der Waals surface area contributed by atoms with E-state index in [2.05, 4.69) is 31.8 Å². The number of rotatable bonds is 11. The fraction of sp³-hybridized carbons (Fsp3) is 0.824. The van der Waals surface area contributed by atoms with Crippen LogP contribution in [0.5, 0.6) is 0 Å². The highest BCUT2D eigenvalue weighted by molar-refractivity contribution is 5.77. The van der Waals surface area contributed by atoms with Crippen LogP contribution in [0, 0.1) is 0 Å². The molecule has 30 heavy (non-hydrogen) atoms. The van der Waals surface area contributed by atoms with Gasteiger partial charge in [0.05, 0.1) is 47.6 Å². The average Bonchev–Trinajstić information content (AvgIpc) is 3.04. The van der Waals surface area contributed by atoms with Crippen LogP contribution in [0.2, 0.25) is 0 Å². The Labute approximate surface area is 172 Å². The number of likely N-dealkylation sites (N-methyl/N-ethyl adjacent to an activating group) is 1. The second kappa shape index (κ2) is 13.4. The molecule has 1 rings (SSSR count). The number of aliphatic carboxylic acids is 2. The molecule has 1 amide bonds. The third-order valence-electron chi connectivity index (χ3n) is 3.78. The van der Waals surface area contributed by atoms with E-state index in [0.29, 0.717) is 39.4 Å². The molecule has 0 spiro atoms. The number of nitrogens with one attached hydrogen (secondary N) is 2. The molecule has 0 aromatic heterocycles. The normalized spacial score (nSPS) is 19.0. The van der Waals surface area contributed by atoms with E-state index in [1.807, 2.05) is 0 Å². The van der Waals surface area contributed by atoms with E-state index in [9.17, 15) is 22.8 Å². The van der Waals surface area contributed by atoms with E-state index >= 15 is 0 Å². The standard InChI is InChI=1S/C15H29N3O5.C2HF3O2/c1-18(2,3)5-7-23-9-8-22-6-4-14(19)17-12-10-13(15(20)21)16-11-12;3-2(4,5)1(6)7/h12-13,16H,4-11H2,1-3H3,(H-,17,19,20,21);(H,6,7)/t12-,13+;/m0./s1. The van der Waals surface area contributed by atoms with Gasteiger partial charge in [-0.15, -0.1) is 0 Å². The summed E-state index contributed by atoms with van der Waals surface area (Å²) in [5.74, 6) is -4.00. The van der Waals surface area contributed by atoms with Crippen molar-refractivity contribution < 1.29 is 51.7 Å². The second-order valence-electron chi connectivity index (χ2n) is 7.57. The molecule has 1 fully saturated rings. The summed E-state index contributed by atoms with van der Waals surface area (Å²) in [4.78, 5) is 31.3. The first-order valence-electron chi connectivity index (χ1n) is 9.22. The van der Waals surface area contributed by atoms with Crippen LogP contribution in [-0.2, 0) is 23.9 Å². The third kappa shape index (κ3) is 15.0. The molecule has 1 aliphatic heterocycles. The van der Waals surface area contributed by atoms with Crippen LogP contribution >= 0.6 is 0 Å². The third-order valence-corrected chi connectivity index (χ3v) is 3.78. The topological polar surface area (TPSA) is 137 Å². The van der Waals surface area contributed by atoms with Crippen molar-refractivity contribution in [2.45, 2.75) is 31.1 Å². The van der Waals surface area contributed by atoms with Crippen LogP contribution in [0.3, 0.4) is 0 Å². The fourth-order valence-corrected chi connectivity index (χ4v) is 2.16. The minimum Gasteiger partial charge on any atom is -0.542 e. The summed E-state index contributed by atoms with van der Waals surface area (Å²) >= 11 is 0. The van der Waals surface area contributed by atoms with Crippen LogP contribution in [0.15, 0.2) is 0 Å². The molecular weight excluding hydrogens is 415 g/mol. The molecule has 0 radical (unpaired) electrons. The minimum absolute atomic E-state index is 0.117. The molecule has 10 nitrogen and oxygen atoms in total. The maximum absolute atomic E-state index is 11.7. The summed E-state index contributed by atoms with van der Waals surface area (Å²) in [5.41, 5.74) is 0. The minimum atomic E-state index is -5.19. The van der Waals surface area contributed by atoms with Gasteiger partial charge in [0.2, 0.25) is 5.91 Å². The number of carboxylic acids is 2. The fourth-order valence-electron chi connectivity index (χ4n) is 2.16. The molecule has 2 atom stereocenters. The van der Waals surface area contributed by atoms with Gasteiger partial charge in [0, 0.05) is 19.0 Å². The molecule has 0 aromatic carbocycles. The first-order valence-corrected chi connectivity index (χ1v) is 9.22. The number of hydrogen-bond acceptors (Lipinski definition) is 7. The van der Waals surface area contributed by atoms with Crippen molar-refractivity contribution in [2.24, 2.45) is 0 Å². The zero-order chi connectivity index (χ0) is 23.4. The Balaban J connectivity index is 0.00000103. The number of nitrogens with zero attached hydrogens (tertiary/aromatic N) is 1. The molecule has 0 unspecified atom stereocenters. The molecule has 3 N–H and O–H groups in total. The highest BCUT2D eigenvalue weighted by Gasteiger charge is 2.30. The zero-order valence-corrected chi connectivity index (χ0v) is 17.3. The Morgan fingerprint density at radius 1 is 1.13 bits per heavy atom. The van der Waals surface area contributed by atoms with Crippen molar-refractivity contribution in [1.82, 2.24) is 10.6 Å². The van der Waals surface area contributed by atoms with Crippen molar-refractivity contribution in [3.05, 3.63) is 0 Å². The molecule has 0 saturated carbocycles. The lowest BCUT2D eigenvalue weighted by Crippen LogP contribution is -2.37. The summed E-state index contributed by atoms with van der Waals surface area (Å²) < 4.78 is 43.2. The Bertz CT molecular complexity index is 554. The van der Waals surface area contributed by atoms with Crippen LogP contribution in [-0.4, -0.2) is 106 Å². The van der Waals surface area contributed by atoms with Gasteiger partial charge in [0.25, 0.3) is 0 Å². The van der Waals surface area contributed by atoms with E-state index < -0.39 is 24.2 Å². The number of halogens is 3. The predicted molar refractivity (Wildman–Crippen MR) is 96.2 cm³/mol. The van der Waals surface area contributed by atoms with E-state index in [4.69, 9.17) is 24.5 Å². The Hall–Kier alpha value is -1.96. The Kier molecular flexibility index (Phi) is 12.5. The molecule has 0 aliphatic carbocycles. The summed E-state index contributed by atoms with van der Waals surface area (Å²) in [5, 5.41) is 23.3. The average molecular weight is 445 g/mol. The van der Waals surface area contributed by atoms with Crippen molar-refractivity contribution >= 4 is 17.8 Å². The van der Waals surface area contributed by atoms with Crippen LogP contribution in [0.1, 0.15) is 12.8 Å². The van der Waals surface area contributed by atoms with Gasteiger partial charge in [-0.2, -0.15) is 13.2 Å². The highest BCUT2D eigenvalue weighted by atomic mass is 19.4. The van der Waals surface area contributed by atoms with Gasteiger partial charge in [0.15, 0.2) is 0 Å². The number of carbonyl (C=O) groups excluding carboxylic acids is 2. The molecule has 0 aromatic rings. The predicted octanol–water partition coefficient (Wildman–Crippen LogP) is -1.65. The second-order valence-corrected chi connectivity index (χ2v) is 7.57. The molecular formula is C17H30F3N3O7. The van der Waals surface area contributed by atoms with Crippen molar-refractivity contribution in [2.75, 3.05) is 60.7 Å². The quantitative estimate of drug-likeness (QED) is 0.254. The summed E-state index contributed by atoms with van der Waals surface area (Å²) in [6.07, 6.45) is -4.50. The first-order chi connectivity index (χ1) is 13.7. The Morgan fingerprint density at radius 3 is 2.10 bits per heavy atom. The number of alkyl halides is 3. The van der Waals surface area contributed by atoms with Crippen molar-refractivity contribution in [1.29, 1.82) is 0 Å². The van der Waals surface area contributed by atoms with Crippen molar-refractivity contribution in [3.63, 3.8) is 0 Å². The van der Waals surface area contributed by atoms with E-state index in [0.717, 1.165) is 11.0 Å². The summed E-state index contributed by atoms with van der Waals surface area (Å²) in [7, 11) is 6.32. The number of quaternary nitrogens is 1. The van der Waals surface area contributed by atoms with E-state index in [-0.39, 0.29) is 18.4 Å². The molecule has 0 bridgehead atoms. The smallest absolute Gasteiger partial charge is 0.430 e. The molecule has 1 saturated heterocycles. The van der Waals surface area contributed by atoms with E-state index in [1.54, 1.807) is 0 Å². The maximum Gasteiger partial charge on any atom is 0.430 e. The van der Waals surface area contributed by atoms with Gasteiger partial charge in [0.1, 0.15) is 18.6 Å². The number of amides is 1. The zero-order valence-electron chi connectivity index (χ0n) is 17.3. The lowest BCUT2D eigenvalue weighted by Gasteiger charge is -2.23. The molecule has 1 heterocycles. The number of carboxylic acid groups (broad SMARTS) is 2. The summed E-state index contributed by atoms with van der Waals surface area (Å²) in [6, 6.07) is -0.692. The summed E-state index contributed by atoms with van der Waals surface area (Å²) in [6.45, 7) is 3.45. The van der Waals surface area contributed by atoms with Gasteiger partial charge in [-0.3, -0.25) is 9.59 Å². The van der Waals surface area contributed by atoms with Crippen molar-refractivity contribution in [3.8, 4) is 0 Å². The molecule has 1 aliphatic rings. The number of carbonyl (C=O) groups is 3. The van der Waals surface area contributed by atoms with Gasteiger partial charge in [-0.05, 0) is 6.42 Å². The number of hydrogen-bond donors (Lipinski definition) is 3. The van der Waals surface area contributed by atoms with Gasteiger partial charge in [-0.1, -0.05) is 0 Å².